The van der Waals surface area contributed by atoms with Gasteiger partial charge in [0.2, 0.25) is 0 Å². The molecule has 2 unspecified atom stereocenters. The van der Waals surface area contributed by atoms with Crippen LogP contribution in [0.5, 0.6) is 5.75 Å². The molecule has 1 heterocycles. The van der Waals surface area contributed by atoms with Crippen molar-refractivity contribution >= 4 is 0 Å². The lowest BCUT2D eigenvalue weighted by Gasteiger charge is -2.33. The summed E-state index contributed by atoms with van der Waals surface area (Å²) >= 11 is 0. The molecular formula is C18H29NO. The first-order chi connectivity index (χ1) is 9.14. The first kappa shape index (κ1) is 15.4. The maximum atomic E-state index is 5.92. The van der Waals surface area contributed by atoms with E-state index in [1.54, 1.807) is 0 Å². The van der Waals surface area contributed by atoms with Crippen LogP contribution in [0.15, 0.2) is 18.2 Å². The van der Waals surface area contributed by atoms with E-state index in [9.17, 15) is 0 Å². The van der Waals surface area contributed by atoms with E-state index in [0.717, 1.165) is 5.75 Å². The Kier molecular flexibility index (Phi) is 3.90. The summed E-state index contributed by atoms with van der Waals surface area (Å²) in [6.07, 6.45) is 1.37. The van der Waals surface area contributed by atoms with Gasteiger partial charge in [-0.3, -0.25) is 0 Å². The molecule has 0 saturated carbocycles. The van der Waals surface area contributed by atoms with Crippen molar-refractivity contribution in [2.45, 2.75) is 65.5 Å². The van der Waals surface area contributed by atoms with Crippen LogP contribution in [0.2, 0.25) is 0 Å². The SMILES string of the molecule is CNC1c2cc(C(C)(C)CC(C)(C)C)ccc2OC1C. The smallest absolute Gasteiger partial charge is 0.124 e. The van der Waals surface area contributed by atoms with Gasteiger partial charge in [-0.15, -0.1) is 0 Å². The third-order valence-corrected chi connectivity index (χ3v) is 4.19. The highest BCUT2D eigenvalue weighted by Crippen LogP contribution is 2.42. The third-order valence-electron chi connectivity index (χ3n) is 4.19. The predicted molar refractivity (Wildman–Crippen MR) is 85.4 cm³/mol. The maximum absolute atomic E-state index is 5.92. The van der Waals surface area contributed by atoms with Gasteiger partial charge in [0.25, 0.3) is 0 Å². The fraction of sp³-hybridized carbons (Fsp3) is 0.667. The highest BCUT2D eigenvalue weighted by Gasteiger charge is 2.33. The molecule has 0 aliphatic carbocycles. The van der Waals surface area contributed by atoms with Gasteiger partial charge >= 0.3 is 0 Å². The number of rotatable bonds is 3. The van der Waals surface area contributed by atoms with Crippen molar-refractivity contribution in [1.82, 2.24) is 5.32 Å². The lowest BCUT2D eigenvalue weighted by atomic mass is 9.72. The van der Waals surface area contributed by atoms with Gasteiger partial charge in [-0.2, -0.15) is 0 Å². The molecule has 2 heteroatoms. The Bertz CT molecular complexity index is 485. The van der Waals surface area contributed by atoms with Crippen LogP contribution in [0.1, 0.15) is 65.1 Å². The van der Waals surface area contributed by atoms with Gasteiger partial charge in [0.15, 0.2) is 0 Å². The first-order valence-electron chi connectivity index (χ1n) is 7.62. The van der Waals surface area contributed by atoms with Crippen LogP contribution in [0.4, 0.5) is 0 Å². The average Bonchev–Trinajstić information content (AvgIpc) is 2.59. The van der Waals surface area contributed by atoms with E-state index in [1.807, 2.05) is 7.05 Å². The van der Waals surface area contributed by atoms with Crippen LogP contribution >= 0.6 is 0 Å². The first-order valence-corrected chi connectivity index (χ1v) is 7.62. The zero-order chi connectivity index (χ0) is 15.1. The molecule has 1 aromatic carbocycles. The van der Waals surface area contributed by atoms with E-state index in [-0.39, 0.29) is 11.5 Å². The highest BCUT2D eigenvalue weighted by atomic mass is 16.5. The Morgan fingerprint density at radius 3 is 2.35 bits per heavy atom. The van der Waals surface area contributed by atoms with Gasteiger partial charge in [0.1, 0.15) is 11.9 Å². The second-order valence-corrected chi connectivity index (χ2v) is 7.96. The molecule has 1 aliphatic heterocycles. The van der Waals surface area contributed by atoms with Crippen molar-refractivity contribution in [3.63, 3.8) is 0 Å². The van der Waals surface area contributed by atoms with Crippen LogP contribution in [0.3, 0.4) is 0 Å². The van der Waals surface area contributed by atoms with E-state index in [0.29, 0.717) is 11.5 Å². The van der Waals surface area contributed by atoms with Crippen molar-refractivity contribution in [2.24, 2.45) is 5.41 Å². The van der Waals surface area contributed by atoms with Crippen LogP contribution < -0.4 is 10.1 Å². The summed E-state index contributed by atoms with van der Waals surface area (Å²) in [5, 5.41) is 3.37. The Morgan fingerprint density at radius 2 is 1.80 bits per heavy atom. The Hall–Kier alpha value is -1.02. The van der Waals surface area contributed by atoms with Gasteiger partial charge in [0, 0.05) is 5.56 Å². The molecule has 2 rings (SSSR count). The molecule has 0 radical (unpaired) electrons. The fourth-order valence-electron chi connectivity index (χ4n) is 3.66. The number of fused-ring (bicyclic) bond motifs is 1. The topological polar surface area (TPSA) is 21.3 Å². The number of nitrogens with one attached hydrogen (secondary N) is 1. The summed E-state index contributed by atoms with van der Waals surface area (Å²) in [5.74, 6) is 1.03. The molecule has 1 aromatic rings. The van der Waals surface area contributed by atoms with Crippen molar-refractivity contribution in [3.05, 3.63) is 29.3 Å². The fourth-order valence-corrected chi connectivity index (χ4v) is 3.66. The number of benzene rings is 1. The van der Waals surface area contributed by atoms with Gasteiger partial charge < -0.3 is 10.1 Å². The van der Waals surface area contributed by atoms with E-state index in [4.69, 9.17) is 4.74 Å². The second kappa shape index (κ2) is 5.07. The monoisotopic (exact) mass is 275 g/mol. The van der Waals surface area contributed by atoms with Crippen LogP contribution in [-0.2, 0) is 5.41 Å². The molecule has 0 fully saturated rings. The van der Waals surface area contributed by atoms with Crippen molar-refractivity contribution in [1.29, 1.82) is 0 Å². The van der Waals surface area contributed by atoms with Crippen LogP contribution in [0, 0.1) is 5.41 Å². The van der Waals surface area contributed by atoms with E-state index < -0.39 is 0 Å². The number of hydrogen-bond donors (Lipinski definition) is 1. The van der Waals surface area contributed by atoms with Crippen molar-refractivity contribution < 1.29 is 4.74 Å². The predicted octanol–water partition coefficient (Wildman–Crippen LogP) is 4.44. The average molecular weight is 275 g/mol. The molecule has 0 saturated heterocycles. The third kappa shape index (κ3) is 3.01. The number of hydrogen-bond acceptors (Lipinski definition) is 2. The summed E-state index contributed by atoms with van der Waals surface area (Å²) in [6.45, 7) is 13.7. The minimum atomic E-state index is 0.178. The zero-order valence-corrected chi connectivity index (χ0v) is 14.0. The van der Waals surface area contributed by atoms with Gasteiger partial charge in [-0.25, -0.2) is 0 Å². The molecule has 0 aromatic heterocycles. The summed E-state index contributed by atoms with van der Waals surface area (Å²) in [4.78, 5) is 0. The van der Waals surface area contributed by atoms with Crippen molar-refractivity contribution in [2.75, 3.05) is 7.05 Å². The quantitative estimate of drug-likeness (QED) is 0.880. The van der Waals surface area contributed by atoms with Gasteiger partial charge in [0.05, 0.1) is 6.04 Å². The van der Waals surface area contributed by atoms with E-state index >= 15 is 0 Å². The lowest BCUT2D eigenvalue weighted by Crippen LogP contribution is -2.26. The largest absolute Gasteiger partial charge is 0.488 e. The van der Waals surface area contributed by atoms with Crippen LogP contribution in [0.25, 0.3) is 0 Å². The molecule has 0 amide bonds. The molecule has 0 spiro atoms. The normalized spacial score (nSPS) is 22.6. The molecule has 1 N–H and O–H groups in total. The Balaban J connectivity index is 2.34. The van der Waals surface area contributed by atoms with Crippen molar-refractivity contribution in [3.8, 4) is 5.75 Å². The van der Waals surface area contributed by atoms with Crippen LogP contribution in [-0.4, -0.2) is 13.2 Å². The number of ether oxygens (including phenoxy) is 1. The summed E-state index contributed by atoms with van der Waals surface area (Å²) in [7, 11) is 2.01. The van der Waals surface area contributed by atoms with Gasteiger partial charge in [-0.05, 0) is 48.9 Å². The summed E-state index contributed by atoms with van der Waals surface area (Å²) in [6, 6.07) is 7.01. The maximum Gasteiger partial charge on any atom is 0.124 e. The standard InChI is InChI=1S/C18H29NO/c1-12-16(19-7)14-10-13(8-9-15(14)20-12)18(5,6)11-17(2,3)4/h8-10,12,16,19H,11H2,1-7H3. The Labute approximate surface area is 123 Å². The molecule has 2 atom stereocenters. The highest BCUT2D eigenvalue weighted by molar-refractivity contribution is 5.45. The molecule has 112 valence electrons. The lowest BCUT2D eigenvalue weighted by molar-refractivity contribution is 0.214. The molecule has 2 nitrogen and oxygen atoms in total. The molecule has 20 heavy (non-hydrogen) atoms. The minimum absolute atomic E-state index is 0.178. The molecule has 0 bridgehead atoms. The zero-order valence-electron chi connectivity index (χ0n) is 14.0. The van der Waals surface area contributed by atoms with Gasteiger partial charge in [-0.1, -0.05) is 40.7 Å². The second-order valence-electron chi connectivity index (χ2n) is 7.96. The van der Waals surface area contributed by atoms with E-state index in [2.05, 4.69) is 65.1 Å². The summed E-state index contributed by atoms with van der Waals surface area (Å²) < 4.78 is 5.92. The molecular weight excluding hydrogens is 246 g/mol. The number of likely N-dealkylation sites (N-methyl/N-ethyl adjacent to an activating group) is 1. The van der Waals surface area contributed by atoms with E-state index in [1.165, 1.54) is 17.5 Å². The minimum Gasteiger partial charge on any atom is -0.488 e. The Morgan fingerprint density at radius 1 is 1.15 bits per heavy atom. The molecule has 1 aliphatic rings. The summed E-state index contributed by atoms with van der Waals surface area (Å²) in [5.41, 5.74) is 3.22.